The lowest BCUT2D eigenvalue weighted by Gasteiger charge is -2.31. The summed E-state index contributed by atoms with van der Waals surface area (Å²) < 4.78 is 24.5. The van der Waals surface area contributed by atoms with E-state index < -0.39 is 10.0 Å². The third-order valence-electron chi connectivity index (χ3n) is 3.77. The third-order valence-corrected chi connectivity index (χ3v) is 5.41. The van der Waals surface area contributed by atoms with Crippen LogP contribution in [-0.4, -0.2) is 38.3 Å². The quantitative estimate of drug-likeness (QED) is 0.661. The van der Waals surface area contributed by atoms with Gasteiger partial charge in [0.2, 0.25) is 10.0 Å². The number of piperidine rings is 1. The molecule has 1 fully saturated rings. The smallest absolute Gasteiger partial charge is 0.211 e. The molecule has 5 nitrogen and oxygen atoms in total. The molecule has 0 atom stereocenters. The van der Waals surface area contributed by atoms with Gasteiger partial charge in [-0.2, -0.15) is 0 Å². The van der Waals surface area contributed by atoms with E-state index in [1.807, 2.05) is 6.07 Å². The van der Waals surface area contributed by atoms with Gasteiger partial charge in [-0.3, -0.25) is 0 Å². The van der Waals surface area contributed by atoms with E-state index in [9.17, 15) is 8.42 Å². The summed E-state index contributed by atoms with van der Waals surface area (Å²) in [6.45, 7) is 1.01. The Kier molecular flexibility index (Phi) is 4.36. The number of sulfonamides is 1. The molecule has 0 aliphatic carbocycles. The highest BCUT2D eigenvalue weighted by Gasteiger charge is 2.27. The van der Waals surface area contributed by atoms with Gasteiger partial charge in [0.25, 0.3) is 0 Å². The van der Waals surface area contributed by atoms with Crippen LogP contribution in [0.3, 0.4) is 0 Å². The molecule has 1 aromatic carbocycles. The number of nitrogens with one attached hydrogen (secondary N) is 1. The van der Waals surface area contributed by atoms with Gasteiger partial charge in [-0.15, -0.1) is 0 Å². The van der Waals surface area contributed by atoms with Crippen molar-refractivity contribution < 1.29 is 8.42 Å². The van der Waals surface area contributed by atoms with Crippen molar-refractivity contribution in [1.82, 2.24) is 4.31 Å². The first-order chi connectivity index (χ1) is 9.34. The Morgan fingerprint density at radius 3 is 2.50 bits per heavy atom. The predicted molar refractivity (Wildman–Crippen MR) is 82.1 cm³/mol. The average molecular weight is 316 g/mol. The lowest BCUT2D eigenvalue weighted by molar-refractivity contribution is 0.321. The number of nitrogens with two attached hydrogens (primary N) is 1. The number of benzene rings is 1. The van der Waals surface area contributed by atoms with Crippen LogP contribution in [0, 0.1) is 5.41 Å². The van der Waals surface area contributed by atoms with Crippen LogP contribution < -0.4 is 5.73 Å². The summed E-state index contributed by atoms with van der Waals surface area (Å²) >= 11 is 5.97. The van der Waals surface area contributed by atoms with Gasteiger partial charge in [-0.05, 0) is 30.4 Å². The van der Waals surface area contributed by atoms with E-state index in [1.165, 1.54) is 16.8 Å². The minimum Gasteiger partial charge on any atom is -0.397 e. The Balaban J connectivity index is 2.23. The van der Waals surface area contributed by atoms with Crippen LogP contribution >= 0.6 is 11.6 Å². The maximum atomic E-state index is 11.5. The van der Waals surface area contributed by atoms with Crippen molar-refractivity contribution in [2.75, 3.05) is 25.1 Å². The monoisotopic (exact) mass is 315 g/mol. The molecule has 0 bridgehead atoms. The van der Waals surface area contributed by atoms with Crippen LogP contribution in [0.4, 0.5) is 5.69 Å². The van der Waals surface area contributed by atoms with Crippen LogP contribution in [0.25, 0.3) is 0 Å². The summed E-state index contributed by atoms with van der Waals surface area (Å²) in [7, 11) is -3.12. The number of anilines is 1. The lowest BCUT2D eigenvalue weighted by atomic mass is 9.87. The Hall–Kier alpha value is -1.11. The van der Waals surface area contributed by atoms with Gasteiger partial charge in [-0.1, -0.05) is 17.7 Å². The molecule has 3 N–H and O–H groups in total. The molecule has 1 saturated heterocycles. The molecule has 110 valence electrons. The first-order valence-electron chi connectivity index (χ1n) is 6.38. The molecule has 0 amide bonds. The Morgan fingerprint density at radius 1 is 1.40 bits per heavy atom. The summed E-state index contributed by atoms with van der Waals surface area (Å²) in [4.78, 5) is 0. The van der Waals surface area contributed by atoms with Crippen molar-refractivity contribution in [2.45, 2.75) is 18.8 Å². The second kappa shape index (κ2) is 5.71. The van der Waals surface area contributed by atoms with Crippen molar-refractivity contribution >= 4 is 33.5 Å². The summed E-state index contributed by atoms with van der Waals surface area (Å²) in [6.07, 6.45) is 3.92. The molecule has 1 heterocycles. The molecular formula is C13H18ClN3O2S. The molecule has 1 aromatic rings. The van der Waals surface area contributed by atoms with Crippen molar-refractivity contribution in [1.29, 1.82) is 5.41 Å². The highest BCUT2D eigenvalue weighted by atomic mass is 35.5. The third kappa shape index (κ3) is 2.97. The molecule has 0 radical (unpaired) electrons. The molecule has 0 unspecified atom stereocenters. The minimum atomic E-state index is -3.12. The van der Waals surface area contributed by atoms with E-state index >= 15 is 0 Å². The largest absolute Gasteiger partial charge is 0.397 e. The van der Waals surface area contributed by atoms with Gasteiger partial charge >= 0.3 is 0 Å². The number of nitrogen functional groups attached to an aromatic ring is 1. The summed E-state index contributed by atoms with van der Waals surface area (Å²) in [5.74, 6) is 0.212. The van der Waals surface area contributed by atoms with Crippen molar-refractivity contribution in [3.8, 4) is 0 Å². The molecule has 1 aliphatic rings. The fraction of sp³-hybridized carbons (Fsp3) is 0.462. The number of hydrogen-bond acceptors (Lipinski definition) is 4. The maximum Gasteiger partial charge on any atom is 0.211 e. The zero-order valence-corrected chi connectivity index (χ0v) is 12.8. The van der Waals surface area contributed by atoms with Crippen molar-refractivity contribution in [3.63, 3.8) is 0 Å². The molecule has 1 aliphatic heterocycles. The molecule has 7 heteroatoms. The SMILES string of the molecule is CS(=O)(=O)N1CCC(c2ccc(Cl)c(N)c2C=N)CC1. The average Bonchev–Trinajstić information content (AvgIpc) is 2.41. The van der Waals surface area contributed by atoms with Gasteiger partial charge in [0.1, 0.15) is 0 Å². The first-order valence-corrected chi connectivity index (χ1v) is 8.60. The van der Waals surface area contributed by atoms with E-state index in [0.29, 0.717) is 29.4 Å². The second-order valence-electron chi connectivity index (χ2n) is 5.04. The fourth-order valence-corrected chi connectivity index (χ4v) is 3.68. The Bertz CT molecular complexity index is 623. The van der Waals surface area contributed by atoms with Gasteiger partial charge in [0, 0.05) is 24.9 Å². The van der Waals surface area contributed by atoms with E-state index in [0.717, 1.165) is 18.4 Å². The van der Waals surface area contributed by atoms with Crippen LogP contribution in [0.2, 0.25) is 5.02 Å². The normalized spacial score (nSPS) is 18.1. The van der Waals surface area contributed by atoms with E-state index in [-0.39, 0.29) is 5.92 Å². The van der Waals surface area contributed by atoms with Crippen LogP contribution in [0.15, 0.2) is 12.1 Å². The maximum absolute atomic E-state index is 11.5. The summed E-state index contributed by atoms with van der Waals surface area (Å²) in [6, 6.07) is 3.63. The predicted octanol–water partition coefficient (Wildman–Crippen LogP) is 2.06. The highest BCUT2D eigenvalue weighted by molar-refractivity contribution is 7.88. The summed E-state index contributed by atoms with van der Waals surface area (Å²) in [5, 5.41) is 7.95. The van der Waals surface area contributed by atoms with Gasteiger partial charge in [0.15, 0.2) is 0 Å². The zero-order chi connectivity index (χ0) is 14.9. The molecule has 0 aromatic heterocycles. The molecule has 0 spiro atoms. The molecular weight excluding hydrogens is 298 g/mol. The Morgan fingerprint density at radius 2 is 2.00 bits per heavy atom. The fourth-order valence-electron chi connectivity index (χ4n) is 2.64. The Labute approximate surface area is 124 Å². The van der Waals surface area contributed by atoms with E-state index in [4.69, 9.17) is 22.7 Å². The first kappa shape index (κ1) is 15.3. The van der Waals surface area contributed by atoms with Crippen LogP contribution in [-0.2, 0) is 10.0 Å². The molecule has 0 saturated carbocycles. The van der Waals surface area contributed by atoms with Gasteiger partial charge in [0.05, 0.1) is 17.0 Å². The van der Waals surface area contributed by atoms with Gasteiger partial charge in [-0.25, -0.2) is 12.7 Å². The number of rotatable bonds is 3. The minimum absolute atomic E-state index is 0.212. The standard InChI is InChI=1S/C13H18ClN3O2S/c1-20(18,19)17-6-4-9(5-7-17)10-2-3-12(14)13(16)11(10)8-15/h2-3,8-9,15H,4-7,16H2,1H3. The van der Waals surface area contributed by atoms with Crippen LogP contribution in [0.1, 0.15) is 29.9 Å². The zero-order valence-electron chi connectivity index (χ0n) is 11.3. The topological polar surface area (TPSA) is 87.2 Å². The highest BCUT2D eigenvalue weighted by Crippen LogP contribution is 2.35. The summed E-state index contributed by atoms with van der Waals surface area (Å²) in [5.41, 5.74) is 7.96. The van der Waals surface area contributed by atoms with Crippen LogP contribution in [0.5, 0.6) is 0 Å². The molecule has 2 rings (SSSR count). The van der Waals surface area contributed by atoms with E-state index in [1.54, 1.807) is 6.07 Å². The molecule has 20 heavy (non-hydrogen) atoms. The number of hydrogen-bond donors (Lipinski definition) is 2. The number of nitrogens with zero attached hydrogens (tertiary/aromatic N) is 1. The second-order valence-corrected chi connectivity index (χ2v) is 7.43. The van der Waals surface area contributed by atoms with Crippen molar-refractivity contribution in [2.24, 2.45) is 0 Å². The lowest BCUT2D eigenvalue weighted by Crippen LogP contribution is -2.37. The van der Waals surface area contributed by atoms with Gasteiger partial charge < -0.3 is 11.1 Å². The van der Waals surface area contributed by atoms with Crippen molar-refractivity contribution in [3.05, 3.63) is 28.3 Å². The number of halogens is 1. The van der Waals surface area contributed by atoms with E-state index in [2.05, 4.69) is 0 Å².